The number of Topliss-reactive ketones (excluding diaryl/α,β-unsaturated/α-hetero) is 1. The number of ketones is 1. The third-order valence-corrected chi connectivity index (χ3v) is 9.15. The third-order valence-electron chi connectivity index (χ3n) is 7.91. The van der Waals surface area contributed by atoms with E-state index in [0.29, 0.717) is 18.2 Å². The maximum atomic E-state index is 13.6. The van der Waals surface area contributed by atoms with Gasteiger partial charge in [-0.15, -0.1) is 11.3 Å². The Labute approximate surface area is 226 Å². The molecule has 7 heteroatoms. The predicted octanol–water partition coefficient (Wildman–Crippen LogP) is 5.98. The number of rotatable bonds is 8. The zero-order chi connectivity index (χ0) is 26.4. The van der Waals surface area contributed by atoms with E-state index in [1.54, 1.807) is 13.1 Å². The van der Waals surface area contributed by atoms with Gasteiger partial charge in [0, 0.05) is 28.1 Å². The number of hydrogen-bond acceptors (Lipinski definition) is 6. The Morgan fingerprint density at radius 2 is 2.00 bits per heavy atom. The van der Waals surface area contributed by atoms with Gasteiger partial charge in [0.05, 0.1) is 15.9 Å². The van der Waals surface area contributed by atoms with Crippen molar-refractivity contribution in [3.8, 4) is 16.2 Å². The summed E-state index contributed by atoms with van der Waals surface area (Å²) in [7, 11) is 2.11. The number of aromatic nitrogens is 1. The molecule has 1 aliphatic heterocycles. The highest BCUT2D eigenvalue weighted by molar-refractivity contribution is 7.17. The quantitative estimate of drug-likeness (QED) is 0.287. The van der Waals surface area contributed by atoms with Crippen molar-refractivity contribution in [3.05, 3.63) is 82.4 Å². The van der Waals surface area contributed by atoms with E-state index in [0.717, 1.165) is 68.9 Å². The van der Waals surface area contributed by atoms with Gasteiger partial charge < -0.3 is 10.1 Å². The van der Waals surface area contributed by atoms with Gasteiger partial charge in [-0.2, -0.15) is 0 Å². The Bertz CT molecular complexity index is 1560. The summed E-state index contributed by atoms with van der Waals surface area (Å²) in [4.78, 5) is 34.2. The monoisotopic (exact) mass is 525 g/mol. The number of thiophene rings is 1. The normalized spacial score (nSPS) is 18.1. The number of nitrogens with zero attached hydrogens (tertiary/aromatic N) is 2. The summed E-state index contributed by atoms with van der Waals surface area (Å²) in [5, 5.41) is 4.41. The fourth-order valence-electron chi connectivity index (χ4n) is 5.18. The van der Waals surface area contributed by atoms with Crippen LogP contribution in [0.25, 0.3) is 21.3 Å². The van der Waals surface area contributed by atoms with E-state index in [9.17, 15) is 9.59 Å². The number of carbonyl (C=O) groups is 2. The number of amides is 1. The van der Waals surface area contributed by atoms with Gasteiger partial charge in [0.15, 0.2) is 5.78 Å². The van der Waals surface area contributed by atoms with Crippen LogP contribution in [0.2, 0.25) is 0 Å². The second kappa shape index (κ2) is 9.64. The molecule has 0 bridgehead atoms. The fraction of sp³-hybridized carbons (Fsp3) is 0.323. The lowest BCUT2D eigenvalue weighted by atomic mass is 9.95. The smallest absolute Gasteiger partial charge is 0.252 e. The maximum absolute atomic E-state index is 13.6. The molecule has 0 unspecified atom stereocenters. The molecule has 2 aliphatic rings. The first-order chi connectivity index (χ1) is 18.3. The molecule has 2 fully saturated rings. The van der Waals surface area contributed by atoms with Gasteiger partial charge in [-0.3, -0.25) is 19.5 Å². The minimum Gasteiger partial charge on any atom is -0.492 e. The summed E-state index contributed by atoms with van der Waals surface area (Å²) in [6.45, 7) is 5.28. The molecule has 0 spiro atoms. The van der Waals surface area contributed by atoms with Gasteiger partial charge >= 0.3 is 0 Å². The largest absolute Gasteiger partial charge is 0.492 e. The zero-order valence-electron chi connectivity index (χ0n) is 21.9. The highest BCUT2D eigenvalue weighted by atomic mass is 32.1. The minimum absolute atomic E-state index is 0.0626. The summed E-state index contributed by atoms with van der Waals surface area (Å²) in [5.41, 5.74) is 4.07. The molecule has 6 rings (SSSR count). The van der Waals surface area contributed by atoms with Crippen molar-refractivity contribution in [2.45, 2.75) is 44.7 Å². The van der Waals surface area contributed by atoms with Crippen LogP contribution in [0, 0.1) is 6.92 Å². The molecule has 2 aromatic carbocycles. The van der Waals surface area contributed by atoms with E-state index in [1.165, 1.54) is 11.3 Å². The molecular weight excluding hydrogens is 494 g/mol. The van der Waals surface area contributed by atoms with Crippen LogP contribution in [0.3, 0.4) is 0 Å². The Hall–Kier alpha value is -3.55. The van der Waals surface area contributed by atoms with Crippen LogP contribution in [-0.2, 0) is 5.54 Å². The molecule has 4 aromatic rings. The van der Waals surface area contributed by atoms with Gasteiger partial charge in [0.1, 0.15) is 12.4 Å². The van der Waals surface area contributed by atoms with Crippen molar-refractivity contribution in [1.29, 1.82) is 0 Å². The van der Waals surface area contributed by atoms with Crippen molar-refractivity contribution < 1.29 is 14.3 Å². The molecule has 1 saturated heterocycles. The maximum Gasteiger partial charge on any atom is 0.252 e. The molecule has 0 radical (unpaired) electrons. The van der Waals surface area contributed by atoms with Gasteiger partial charge in [-0.05, 0) is 106 Å². The summed E-state index contributed by atoms with van der Waals surface area (Å²) in [6, 6.07) is 18.3. The second-order valence-electron chi connectivity index (χ2n) is 10.6. The summed E-state index contributed by atoms with van der Waals surface area (Å²) >= 11 is 1.49. The molecule has 1 amide bonds. The predicted molar refractivity (Wildman–Crippen MR) is 151 cm³/mol. The standard InChI is InChI=1S/C31H31N3O3S/c1-19-6-7-23(37-18-22-10-14-34(22)3)17-25(19)30(36)33-31(11-12-31)26-15-21(16-27-24(26)5-4-13-32-27)29-9-8-28(38-29)20(2)35/h4-9,13,15-17,22H,10-12,14,18H2,1-3H3,(H,33,36)/t22-/m0/s1. The molecule has 1 atom stereocenters. The average Bonchev–Trinajstić information content (AvgIpc) is 3.50. The Morgan fingerprint density at radius 3 is 2.68 bits per heavy atom. The second-order valence-corrected chi connectivity index (χ2v) is 11.6. The molecule has 6 nitrogen and oxygen atoms in total. The number of pyridine rings is 1. The summed E-state index contributed by atoms with van der Waals surface area (Å²) in [6.07, 6.45) is 4.65. The number of nitrogens with one attached hydrogen (secondary N) is 1. The number of carbonyl (C=O) groups excluding carboxylic acids is 2. The van der Waals surface area contributed by atoms with Gasteiger partial charge in [-0.1, -0.05) is 12.1 Å². The number of likely N-dealkylation sites (N-methyl/N-ethyl adjacent to an activating group) is 1. The third kappa shape index (κ3) is 4.61. The van der Waals surface area contributed by atoms with Crippen molar-refractivity contribution in [3.63, 3.8) is 0 Å². The Morgan fingerprint density at radius 1 is 1.16 bits per heavy atom. The van der Waals surface area contributed by atoms with Crippen LogP contribution in [0.4, 0.5) is 0 Å². The summed E-state index contributed by atoms with van der Waals surface area (Å²) in [5.74, 6) is 0.692. The van der Waals surface area contributed by atoms with E-state index >= 15 is 0 Å². The first kappa shape index (κ1) is 24.8. The van der Waals surface area contributed by atoms with E-state index in [2.05, 4.69) is 40.4 Å². The van der Waals surface area contributed by atoms with E-state index in [4.69, 9.17) is 4.74 Å². The molecule has 1 N–H and O–H groups in total. The van der Waals surface area contributed by atoms with Crippen LogP contribution >= 0.6 is 11.3 Å². The number of likely N-dealkylation sites (tertiary alicyclic amines) is 1. The first-order valence-electron chi connectivity index (χ1n) is 13.1. The van der Waals surface area contributed by atoms with E-state index in [1.807, 2.05) is 43.3 Å². The molecule has 38 heavy (non-hydrogen) atoms. The Kier molecular flexibility index (Phi) is 6.28. The van der Waals surface area contributed by atoms with Crippen molar-refractivity contribution in [2.75, 3.05) is 20.2 Å². The zero-order valence-corrected chi connectivity index (χ0v) is 22.7. The van der Waals surface area contributed by atoms with Crippen LogP contribution in [0.15, 0.2) is 60.8 Å². The summed E-state index contributed by atoms with van der Waals surface area (Å²) < 4.78 is 6.04. The van der Waals surface area contributed by atoms with Crippen LogP contribution in [-0.4, -0.2) is 47.8 Å². The number of fused-ring (bicyclic) bond motifs is 1. The van der Waals surface area contributed by atoms with Crippen LogP contribution in [0.1, 0.15) is 57.3 Å². The molecule has 1 saturated carbocycles. The average molecular weight is 526 g/mol. The molecule has 1 aliphatic carbocycles. The number of aryl methyl sites for hydroxylation is 1. The molecule has 3 heterocycles. The van der Waals surface area contributed by atoms with Crippen LogP contribution in [0.5, 0.6) is 5.75 Å². The minimum atomic E-state index is -0.451. The number of hydrogen-bond donors (Lipinski definition) is 1. The van der Waals surface area contributed by atoms with Crippen LogP contribution < -0.4 is 10.1 Å². The fourth-order valence-corrected chi connectivity index (χ4v) is 6.07. The Balaban J connectivity index is 1.30. The van der Waals surface area contributed by atoms with Gasteiger partial charge in [0.25, 0.3) is 5.91 Å². The topological polar surface area (TPSA) is 71.5 Å². The molecule has 194 valence electrons. The highest BCUT2D eigenvalue weighted by Crippen LogP contribution is 2.49. The van der Waals surface area contributed by atoms with Crippen molar-refractivity contribution >= 4 is 33.9 Å². The lowest BCUT2D eigenvalue weighted by Crippen LogP contribution is -2.48. The first-order valence-corrected chi connectivity index (χ1v) is 13.9. The highest BCUT2D eigenvalue weighted by Gasteiger charge is 2.47. The van der Waals surface area contributed by atoms with E-state index in [-0.39, 0.29) is 11.7 Å². The molecular formula is C31H31N3O3S. The van der Waals surface area contributed by atoms with Crippen molar-refractivity contribution in [2.24, 2.45) is 0 Å². The number of ether oxygens (including phenoxy) is 1. The van der Waals surface area contributed by atoms with Crippen molar-refractivity contribution in [1.82, 2.24) is 15.2 Å². The number of benzene rings is 2. The van der Waals surface area contributed by atoms with Gasteiger partial charge in [-0.25, -0.2) is 0 Å². The SMILES string of the molecule is CC(=O)c1ccc(-c2cc(C3(NC(=O)c4cc(OC[C@@H]5CCN5C)ccc4C)CC3)c3cccnc3c2)s1. The molecule has 2 aromatic heterocycles. The lowest BCUT2D eigenvalue weighted by Gasteiger charge is -2.37. The van der Waals surface area contributed by atoms with Gasteiger partial charge in [0.2, 0.25) is 0 Å². The van der Waals surface area contributed by atoms with E-state index < -0.39 is 5.54 Å². The lowest BCUT2D eigenvalue weighted by molar-refractivity contribution is 0.0767.